The van der Waals surface area contributed by atoms with E-state index in [-0.39, 0.29) is 29.5 Å². The Morgan fingerprint density at radius 3 is 2.65 bits per heavy atom. The van der Waals surface area contributed by atoms with Gasteiger partial charge in [-0.2, -0.15) is 0 Å². The van der Waals surface area contributed by atoms with Crippen LogP contribution in [0.25, 0.3) is 0 Å². The number of hydrogen-bond acceptors (Lipinski definition) is 6. The molecule has 1 amide bonds. The lowest BCUT2D eigenvalue weighted by Crippen LogP contribution is -2.32. The van der Waals surface area contributed by atoms with E-state index >= 15 is 0 Å². The van der Waals surface area contributed by atoms with E-state index in [0.29, 0.717) is 0 Å². The van der Waals surface area contributed by atoms with Gasteiger partial charge in [0.05, 0.1) is 9.95 Å². The minimum Gasteiger partial charge on any atom is -0.294 e. The number of pyridine rings is 1. The fourth-order valence-corrected chi connectivity index (χ4v) is 2.81. The van der Waals surface area contributed by atoms with E-state index in [9.17, 15) is 23.3 Å². The van der Waals surface area contributed by atoms with Gasteiger partial charge in [-0.1, -0.05) is 11.6 Å². The van der Waals surface area contributed by atoms with E-state index in [2.05, 4.69) is 4.98 Å². The zero-order valence-corrected chi connectivity index (χ0v) is 11.5. The molecule has 20 heavy (non-hydrogen) atoms. The maximum absolute atomic E-state index is 11.8. The van der Waals surface area contributed by atoms with Crippen molar-refractivity contribution >= 4 is 39.0 Å². The Morgan fingerprint density at radius 1 is 1.55 bits per heavy atom. The van der Waals surface area contributed by atoms with E-state index in [4.69, 9.17) is 16.7 Å². The third kappa shape index (κ3) is 2.71. The molecule has 11 heteroatoms. The van der Waals surface area contributed by atoms with Crippen LogP contribution in [0.3, 0.4) is 0 Å². The molecule has 1 aromatic rings. The third-order valence-corrected chi connectivity index (χ3v) is 4.35. The maximum Gasteiger partial charge on any atom is 0.289 e. The molecule has 1 unspecified atom stereocenters. The number of amides is 1. The number of carbonyl (C=O) groups excluding carboxylic acids is 1. The van der Waals surface area contributed by atoms with E-state index < -0.39 is 26.1 Å². The largest absolute Gasteiger partial charge is 0.294 e. The predicted octanol–water partition coefficient (Wildman–Crippen LogP) is 0.0370. The van der Waals surface area contributed by atoms with Crippen LogP contribution in [0.1, 0.15) is 6.42 Å². The second-order valence-corrected chi connectivity index (χ2v) is 6.43. The number of nitro groups is 1. The Morgan fingerprint density at radius 2 is 2.20 bits per heavy atom. The number of carbonyl (C=O) groups is 1. The van der Waals surface area contributed by atoms with Crippen LogP contribution in [0, 0.1) is 10.1 Å². The summed E-state index contributed by atoms with van der Waals surface area (Å²) in [7, 11) is -3.85. The zero-order chi connectivity index (χ0) is 15.1. The van der Waals surface area contributed by atoms with Crippen LogP contribution < -0.4 is 10.0 Å². The molecular weight excluding hydrogens is 312 g/mol. The van der Waals surface area contributed by atoms with Crippen molar-refractivity contribution in [3.63, 3.8) is 0 Å². The van der Waals surface area contributed by atoms with Gasteiger partial charge < -0.3 is 0 Å². The Bertz CT molecular complexity index is 692. The number of aromatic nitrogens is 1. The van der Waals surface area contributed by atoms with Gasteiger partial charge in [-0.3, -0.25) is 19.8 Å². The van der Waals surface area contributed by atoms with Gasteiger partial charge >= 0.3 is 0 Å². The van der Waals surface area contributed by atoms with Gasteiger partial charge in [0.25, 0.3) is 5.69 Å². The molecule has 2 rings (SSSR count). The molecule has 0 saturated carbocycles. The van der Waals surface area contributed by atoms with Crippen molar-refractivity contribution in [2.24, 2.45) is 5.14 Å². The summed E-state index contributed by atoms with van der Waals surface area (Å²) in [5.41, 5.74) is -0.326. The number of sulfonamides is 1. The predicted molar refractivity (Wildman–Crippen MR) is 69.8 cm³/mol. The van der Waals surface area contributed by atoms with Crippen molar-refractivity contribution in [2.75, 3.05) is 11.4 Å². The summed E-state index contributed by atoms with van der Waals surface area (Å²) in [5.74, 6) is -0.527. The van der Waals surface area contributed by atoms with Gasteiger partial charge in [0.15, 0.2) is 5.82 Å². The second kappa shape index (κ2) is 4.96. The SMILES string of the molecule is NS(=O)(=O)C1CC(=O)N(c2ncc([N+](=O)[O-])cc2Cl)C1. The molecule has 1 saturated heterocycles. The quantitative estimate of drug-likeness (QED) is 0.616. The average Bonchev–Trinajstić information content (AvgIpc) is 2.71. The number of rotatable bonds is 3. The number of hydrogen-bond donors (Lipinski definition) is 1. The number of anilines is 1. The number of primary sulfonamides is 1. The highest BCUT2D eigenvalue weighted by Crippen LogP contribution is 2.30. The van der Waals surface area contributed by atoms with Crippen LogP contribution in [0.4, 0.5) is 11.5 Å². The van der Waals surface area contributed by atoms with Crippen LogP contribution >= 0.6 is 11.6 Å². The second-order valence-electron chi connectivity index (χ2n) is 4.18. The fourth-order valence-electron chi connectivity index (χ4n) is 1.82. The first-order valence-electron chi connectivity index (χ1n) is 5.32. The molecular formula is C9H9ClN4O5S. The lowest BCUT2D eigenvalue weighted by atomic mass is 10.4. The highest BCUT2D eigenvalue weighted by atomic mass is 35.5. The van der Waals surface area contributed by atoms with Crippen LogP contribution in [0.5, 0.6) is 0 Å². The first-order valence-corrected chi connectivity index (χ1v) is 7.31. The van der Waals surface area contributed by atoms with Crippen molar-refractivity contribution in [3.05, 3.63) is 27.4 Å². The first-order chi connectivity index (χ1) is 9.20. The van der Waals surface area contributed by atoms with Crippen molar-refractivity contribution < 1.29 is 18.1 Å². The van der Waals surface area contributed by atoms with E-state index in [1.807, 2.05) is 0 Å². The van der Waals surface area contributed by atoms with Crippen molar-refractivity contribution in [1.82, 2.24) is 4.98 Å². The molecule has 108 valence electrons. The highest BCUT2D eigenvalue weighted by molar-refractivity contribution is 7.89. The molecule has 2 N–H and O–H groups in total. The van der Waals surface area contributed by atoms with Crippen LogP contribution in [0.2, 0.25) is 5.02 Å². The standard InChI is InChI=1S/C9H9ClN4O5S/c10-7-1-5(14(16)17)3-12-9(7)13-4-6(2-8(13)15)20(11,18)19/h1,3,6H,2,4H2,(H2,11,18,19). The minimum atomic E-state index is -3.85. The van der Waals surface area contributed by atoms with Gasteiger partial charge in [-0.15, -0.1) is 0 Å². The van der Waals surface area contributed by atoms with Gasteiger partial charge in [0.1, 0.15) is 11.4 Å². The normalized spacial score (nSPS) is 19.4. The summed E-state index contributed by atoms with van der Waals surface area (Å²) >= 11 is 5.84. The van der Waals surface area contributed by atoms with E-state index in [1.165, 1.54) is 0 Å². The Balaban J connectivity index is 2.33. The number of nitrogens with zero attached hydrogens (tertiary/aromatic N) is 3. The van der Waals surface area contributed by atoms with E-state index in [1.54, 1.807) is 0 Å². The molecule has 0 aromatic carbocycles. The van der Waals surface area contributed by atoms with Crippen LogP contribution in [-0.2, 0) is 14.8 Å². The number of halogens is 1. The van der Waals surface area contributed by atoms with Gasteiger partial charge in [0.2, 0.25) is 15.9 Å². The molecule has 2 heterocycles. The van der Waals surface area contributed by atoms with E-state index in [0.717, 1.165) is 17.2 Å². The topological polar surface area (TPSA) is 136 Å². The Hall–Kier alpha value is -1.78. The summed E-state index contributed by atoms with van der Waals surface area (Å²) < 4.78 is 22.5. The smallest absolute Gasteiger partial charge is 0.289 e. The molecule has 1 atom stereocenters. The molecule has 0 aliphatic carbocycles. The summed E-state index contributed by atoms with van der Waals surface area (Å²) in [6.07, 6.45) is 0.673. The summed E-state index contributed by atoms with van der Waals surface area (Å²) in [6, 6.07) is 1.04. The van der Waals surface area contributed by atoms with Gasteiger partial charge in [-0.05, 0) is 0 Å². The van der Waals surface area contributed by atoms with Crippen LogP contribution in [-0.4, -0.2) is 36.0 Å². The number of nitrogens with two attached hydrogens (primary N) is 1. The Kier molecular flexibility index (Phi) is 3.63. The lowest BCUT2D eigenvalue weighted by Gasteiger charge is -2.16. The fraction of sp³-hybridized carbons (Fsp3) is 0.333. The van der Waals surface area contributed by atoms with Gasteiger partial charge in [-0.25, -0.2) is 18.5 Å². The third-order valence-electron chi connectivity index (χ3n) is 2.83. The molecule has 1 aliphatic rings. The molecule has 1 fully saturated rings. The molecule has 1 aromatic heterocycles. The molecule has 1 aliphatic heterocycles. The van der Waals surface area contributed by atoms with Crippen molar-refractivity contribution in [1.29, 1.82) is 0 Å². The summed E-state index contributed by atoms with van der Waals surface area (Å²) in [6.45, 7) is -0.178. The van der Waals surface area contributed by atoms with Crippen molar-refractivity contribution in [3.8, 4) is 0 Å². The van der Waals surface area contributed by atoms with Crippen molar-refractivity contribution in [2.45, 2.75) is 11.7 Å². The maximum atomic E-state index is 11.8. The Labute approximate surface area is 118 Å². The minimum absolute atomic E-state index is 0.0200. The first kappa shape index (κ1) is 14.6. The molecule has 0 radical (unpaired) electrons. The lowest BCUT2D eigenvalue weighted by molar-refractivity contribution is -0.385. The molecule has 0 bridgehead atoms. The highest BCUT2D eigenvalue weighted by Gasteiger charge is 2.38. The molecule has 0 spiro atoms. The molecule has 9 nitrogen and oxygen atoms in total. The summed E-state index contributed by atoms with van der Waals surface area (Å²) in [4.78, 5) is 26.5. The monoisotopic (exact) mass is 320 g/mol. The average molecular weight is 321 g/mol. The summed E-state index contributed by atoms with van der Waals surface area (Å²) in [5, 5.41) is 14.4. The van der Waals surface area contributed by atoms with Crippen LogP contribution in [0.15, 0.2) is 12.3 Å². The zero-order valence-electron chi connectivity index (χ0n) is 9.89. The van der Waals surface area contributed by atoms with Gasteiger partial charge in [0, 0.05) is 19.0 Å².